The Balaban J connectivity index is 2.30. The molecule has 0 aliphatic carbocycles. The van der Waals surface area contributed by atoms with E-state index in [1.807, 2.05) is 0 Å². The van der Waals surface area contributed by atoms with Crippen LogP contribution in [0.2, 0.25) is 0 Å². The molecule has 26 heavy (non-hydrogen) atoms. The zero-order valence-corrected chi connectivity index (χ0v) is 16.7. The van der Waals surface area contributed by atoms with Crippen molar-refractivity contribution in [1.29, 1.82) is 0 Å². The number of hydrogen-bond acceptors (Lipinski definition) is 1. The predicted molar refractivity (Wildman–Crippen MR) is 108 cm³/mol. The van der Waals surface area contributed by atoms with Gasteiger partial charge in [-0.1, -0.05) is 6.07 Å². The Labute approximate surface area is 154 Å². The lowest BCUT2D eigenvalue weighted by Gasteiger charge is -2.09. The minimum Gasteiger partial charge on any atom is -0.236 e. The summed E-state index contributed by atoms with van der Waals surface area (Å²) in [6, 6.07) is 8.93. The van der Waals surface area contributed by atoms with Crippen molar-refractivity contribution < 1.29 is 4.57 Å². The van der Waals surface area contributed by atoms with Crippen LogP contribution in [0, 0.1) is 41.5 Å². The SMILES string of the molecule is Cc1cc(C)c2c3ccc(C)c(C)c3n(-c3cc(C)c(C)c[n+]3C)c2n1. The summed E-state index contributed by atoms with van der Waals surface area (Å²) in [7, 11) is 2.12. The first-order valence-electron chi connectivity index (χ1n) is 9.15. The van der Waals surface area contributed by atoms with Gasteiger partial charge in [0, 0.05) is 17.1 Å². The van der Waals surface area contributed by atoms with Gasteiger partial charge in [0.2, 0.25) is 5.65 Å². The molecule has 0 aliphatic rings. The molecule has 0 saturated carbocycles. The van der Waals surface area contributed by atoms with E-state index in [0.717, 1.165) is 17.2 Å². The maximum Gasteiger partial charge on any atom is 0.288 e. The molecule has 1 aromatic carbocycles. The van der Waals surface area contributed by atoms with Crippen molar-refractivity contribution in [2.45, 2.75) is 41.5 Å². The third-order valence-corrected chi connectivity index (χ3v) is 5.68. The summed E-state index contributed by atoms with van der Waals surface area (Å²) in [5.41, 5.74) is 9.86. The van der Waals surface area contributed by atoms with E-state index in [4.69, 9.17) is 4.98 Å². The molecule has 3 heteroatoms. The first kappa shape index (κ1) is 16.8. The van der Waals surface area contributed by atoms with E-state index >= 15 is 0 Å². The van der Waals surface area contributed by atoms with E-state index in [9.17, 15) is 0 Å². The molecule has 4 aromatic rings. The number of hydrogen-bond donors (Lipinski definition) is 0. The third kappa shape index (κ3) is 2.27. The number of aryl methyl sites for hydroxylation is 7. The van der Waals surface area contributed by atoms with Crippen molar-refractivity contribution in [3.05, 3.63) is 64.0 Å². The standard InChI is InChI=1S/C23H26N3/c1-13-8-9-19-21-15(3)10-17(5)24-23(21)26(22(19)18(13)6)20-11-14(2)16(4)12-25(20)7/h8-12H,1-7H3/q+1. The van der Waals surface area contributed by atoms with Crippen LogP contribution in [0.4, 0.5) is 0 Å². The van der Waals surface area contributed by atoms with Crippen molar-refractivity contribution in [2.75, 3.05) is 0 Å². The first-order chi connectivity index (χ1) is 12.3. The van der Waals surface area contributed by atoms with Crippen LogP contribution in [0.15, 0.2) is 30.5 Å². The minimum absolute atomic E-state index is 1.05. The molecule has 3 heterocycles. The minimum atomic E-state index is 1.05. The highest BCUT2D eigenvalue weighted by atomic mass is 15.2. The quantitative estimate of drug-likeness (QED) is 0.452. The summed E-state index contributed by atoms with van der Waals surface area (Å²) < 4.78 is 4.56. The molecule has 0 fully saturated rings. The third-order valence-electron chi connectivity index (χ3n) is 5.68. The van der Waals surface area contributed by atoms with Gasteiger partial charge < -0.3 is 0 Å². The predicted octanol–water partition coefficient (Wildman–Crippen LogP) is 4.85. The first-order valence-corrected chi connectivity index (χ1v) is 9.15. The summed E-state index contributed by atoms with van der Waals surface area (Å²) in [6.07, 6.45) is 2.20. The molecule has 0 bridgehead atoms. The molecule has 3 nitrogen and oxygen atoms in total. The Morgan fingerprint density at radius 3 is 2.31 bits per heavy atom. The summed E-state index contributed by atoms with van der Waals surface area (Å²) >= 11 is 0. The normalized spacial score (nSPS) is 11.7. The van der Waals surface area contributed by atoms with Crippen LogP contribution >= 0.6 is 0 Å². The molecular weight excluding hydrogens is 318 g/mol. The molecule has 0 radical (unpaired) electrons. The summed E-state index contributed by atoms with van der Waals surface area (Å²) in [5.74, 6) is 1.15. The van der Waals surface area contributed by atoms with E-state index in [0.29, 0.717) is 0 Å². The van der Waals surface area contributed by atoms with Crippen LogP contribution in [0.5, 0.6) is 0 Å². The van der Waals surface area contributed by atoms with E-state index in [-0.39, 0.29) is 0 Å². The highest BCUT2D eigenvalue weighted by Crippen LogP contribution is 2.35. The van der Waals surface area contributed by atoms with Crippen LogP contribution in [0.25, 0.3) is 27.8 Å². The van der Waals surface area contributed by atoms with Gasteiger partial charge in [0.05, 0.1) is 18.6 Å². The Morgan fingerprint density at radius 2 is 1.58 bits per heavy atom. The van der Waals surface area contributed by atoms with E-state index < -0.39 is 0 Å². The highest BCUT2D eigenvalue weighted by Gasteiger charge is 2.25. The average molecular weight is 344 g/mol. The molecule has 0 unspecified atom stereocenters. The molecule has 4 rings (SSSR count). The van der Waals surface area contributed by atoms with Gasteiger partial charge in [-0.15, -0.1) is 0 Å². The molecule has 0 aliphatic heterocycles. The number of pyridine rings is 2. The van der Waals surface area contributed by atoms with Gasteiger partial charge in [-0.25, -0.2) is 9.55 Å². The van der Waals surface area contributed by atoms with Gasteiger partial charge in [0.15, 0.2) is 0 Å². The van der Waals surface area contributed by atoms with Gasteiger partial charge in [-0.2, -0.15) is 4.57 Å². The van der Waals surface area contributed by atoms with Gasteiger partial charge in [-0.05, 0) is 81.5 Å². The van der Waals surface area contributed by atoms with Crippen molar-refractivity contribution in [3.8, 4) is 5.82 Å². The molecule has 0 spiro atoms. The van der Waals surface area contributed by atoms with Crippen LogP contribution in [0.1, 0.15) is 33.5 Å². The maximum absolute atomic E-state index is 4.96. The molecule has 0 amide bonds. The lowest BCUT2D eigenvalue weighted by molar-refractivity contribution is -0.665. The number of fused-ring (bicyclic) bond motifs is 3. The van der Waals surface area contributed by atoms with Crippen LogP contribution < -0.4 is 4.57 Å². The van der Waals surface area contributed by atoms with E-state index in [1.165, 1.54) is 44.1 Å². The fraction of sp³-hybridized carbons (Fsp3) is 0.304. The lowest BCUT2D eigenvalue weighted by atomic mass is 10.0. The Kier molecular flexibility index (Phi) is 3.65. The van der Waals surface area contributed by atoms with E-state index in [1.54, 1.807) is 0 Å². The molecular formula is C23H26N3+. The number of benzene rings is 1. The largest absolute Gasteiger partial charge is 0.288 e. The number of nitrogens with zero attached hydrogens (tertiary/aromatic N) is 3. The zero-order valence-electron chi connectivity index (χ0n) is 16.7. The summed E-state index contributed by atoms with van der Waals surface area (Å²) in [4.78, 5) is 4.96. The molecule has 3 aromatic heterocycles. The second kappa shape index (κ2) is 5.66. The monoisotopic (exact) mass is 344 g/mol. The summed E-state index contributed by atoms with van der Waals surface area (Å²) in [5, 5.41) is 2.54. The van der Waals surface area contributed by atoms with Crippen molar-refractivity contribution in [1.82, 2.24) is 9.55 Å². The van der Waals surface area contributed by atoms with Crippen molar-refractivity contribution in [3.63, 3.8) is 0 Å². The molecule has 132 valence electrons. The Morgan fingerprint density at radius 1 is 0.846 bits per heavy atom. The van der Waals surface area contributed by atoms with Gasteiger partial charge in [0.25, 0.3) is 5.82 Å². The van der Waals surface area contributed by atoms with Crippen molar-refractivity contribution in [2.24, 2.45) is 7.05 Å². The fourth-order valence-electron chi connectivity index (χ4n) is 4.02. The highest BCUT2D eigenvalue weighted by molar-refractivity contribution is 6.10. The van der Waals surface area contributed by atoms with Crippen molar-refractivity contribution >= 4 is 21.9 Å². The topological polar surface area (TPSA) is 21.7 Å². The molecule has 0 N–H and O–H groups in total. The Hall–Kier alpha value is -2.68. The summed E-state index contributed by atoms with van der Waals surface area (Å²) in [6.45, 7) is 13.0. The second-order valence-electron chi connectivity index (χ2n) is 7.63. The van der Waals surface area contributed by atoms with E-state index in [2.05, 4.69) is 88.2 Å². The van der Waals surface area contributed by atoms with Crippen LogP contribution in [0.3, 0.4) is 0 Å². The van der Waals surface area contributed by atoms with Gasteiger partial charge in [-0.3, -0.25) is 0 Å². The fourth-order valence-corrected chi connectivity index (χ4v) is 4.02. The number of rotatable bonds is 1. The maximum atomic E-state index is 4.96. The molecule has 0 atom stereocenters. The lowest BCUT2D eigenvalue weighted by Crippen LogP contribution is -2.34. The number of aromatic nitrogens is 3. The van der Waals surface area contributed by atoms with Crippen LogP contribution in [-0.4, -0.2) is 9.55 Å². The van der Waals surface area contributed by atoms with Crippen LogP contribution in [-0.2, 0) is 7.05 Å². The zero-order chi connectivity index (χ0) is 18.7. The average Bonchev–Trinajstić information content (AvgIpc) is 2.89. The Bertz CT molecular complexity index is 1200. The second-order valence-corrected chi connectivity index (χ2v) is 7.63. The van der Waals surface area contributed by atoms with Gasteiger partial charge in [0.1, 0.15) is 5.52 Å². The van der Waals surface area contributed by atoms with Gasteiger partial charge >= 0.3 is 0 Å². The molecule has 0 saturated heterocycles. The smallest absolute Gasteiger partial charge is 0.236 e.